The lowest BCUT2D eigenvalue weighted by molar-refractivity contribution is -0.136. The average Bonchev–Trinajstić information content (AvgIpc) is 3.16. The normalized spacial score (nSPS) is 27.0. The fourth-order valence-corrected chi connectivity index (χ4v) is 5.99. The topological polar surface area (TPSA) is 105 Å². The van der Waals surface area contributed by atoms with E-state index in [-0.39, 0.29) is 24.3 Å². The number of fused-ring (bicyclic) bond motifs is 1. The van der Waals surface area contributed by atoms with Gasteiger partial charge in [0.1, 0.15) is 23.7 Å². The van der Waals surface area contributed by atoms with Crippen molar-refractivity contribution >= 4 is 17.7 Å². The van der Waals surface area contributed by atoms with E-state index in [9.17, 15) is 14.4 Å². The van der Waals surface area contributed by atoms with Crippen LogP contribution in [0.1, 0.15) is 71.8 Å². The highest BCUT2D eigenvalue weighted by molar-refractivity contribution is 6.05. The molecule has 1 aliphatic carbocycles. The molecule has 4 aliphatic rings. The van der Waals surface area contributed by atoms with Gasteiger partial charge in [-0.1, -0.05) is 6.42 Å². The van der Waals surface area contributed by atoms with Crippen LogP contribution in [0.2, 0.25) is 0 Å². The van der Waals surface area contributed by atoms with Gasteiger partial charge in [-0.2, -0.15) is 0 Å². The van der Waals surface area contributed by atoms with E-state index in [2.05, 4.69) is 20.2 Å². The predicted molar refractivity (Wildman–Crippen MR) is 130 cm³/mol. The molecule has 1 unspecified atom stereocenters. The lowest BCUT2D eigenvalue weighted by Gasteiger charge is -2.47. The molecule has 0 spiro atoms. The highest BCUT2D eigenvalue weighted by Crippen LogP contribution is 2.36. The number of imide groups is 1. The first-order valence-electron chi connectivity index (χ1n) is 12.9. The van der Waals surface area contributed by atoms with E-state index in [0.717, 1.165) is 55.1 Å². The number of likely N-dealkylation sites (tertiary alicyclic amines) is 1. The standard InChI is InChI=1S/C27H31N5O4/c1-16-11-28-25(29-12-16)18-13-31(14-18)21-4-2-3-5-23(21)36-19-6-7-20-17(10-19)15-32(27(20)35)22-8-9-24(33)30-26(22)34/h6-7,10-12,18,21-23H,2-5,8-9,13-15H2,1H3,(H,30,33,34)/t21-,22?,23-/m0/s1. The van der Waals surface area contributed by atoms with Gasteiger partial charge in [0, 0.05) is 56.0 Å². The van der Waals surface area contributed by atoms with Gasteiger partial charge < -0.3 is 9.64 Å². The van der Waals surface area contributed by atoms with Gasteiger partial charge in [0.05, 0.1) is 0 Å². The molecule has 0 bridgehead atoms. The first-order chi connectivity index (χ1) is 17.5. The number of aromatic nitrogens is 2. The van der Waals surface area contributed by atoms with Gasteiger partial charge in [0.2, 0.25) is 11.8 Å². The van der Waals surface area contributed by atoms with Crippen molar-refractivity contribution in [2.24, 2.45) is 0 Å². The molecule has 3 amide bonds. The van der Waals surface area contributed by atoms with Crippen molar-refractivity contribution in [3.8, 4) is 5.75 Å². The Morgan fingerprint density at radius 1 is 1.03 bits per heavy atom. The van der Waals surface area contributed by atoms with Gasteiger partial charge in [0.25, 0.3) is 5.91 Å². The molecule has 9 heteroatoms. The highest BCUT2D eigenvalue weighted by atomic mass is 16.5. The van der Waals surface area contributed by atoms with Crippen LogP contribution in [0.15, 0.2) is 30.6 Å². The molecule has 36 heavy (non-hydrogen) atoms. The summed E-state index contributed by atoms with van der Waals surface area (Å²) in [4.78, 5) is 49.9. The molecule has 6 rings (SSSR count). The predicted octanol–water partition coefficient (Wildman–Crippen LogP) is 2.34. The number of nitrogens with one attached hydrogen (secondary N) is 1. The zero-order chi connectivity index (χ0) is 24.8. The van der Waals surface area contributed by atoms with Gasteiger partial charge in [-0.25, -0.2) is 9.97 Å². The molecule has 2 aromatic rings. The molecule has 0 radical (unpaired) electrons. The number of amides is 3. The Hall–Kier alpha value is -3.33. The van der Waals surface area contributed by atoms with Crippen molar-refractivity contribution < 1.29 is 19.1 Å². The van der Waals surface area contributed by atoms with Gasteiger partial charge in [0.15, 0.2) is 0 Å². The van der Waals surface area contributed by atoms with Crippen molar-refractivity contribution in [2.75, 3.05) is 13.1 Å². The van der Waals surface area contributed by atoms with Crippen LogP contribution >= 0.6 is 0 Å². The van der Waals surface area contributed by atoms with Crippen LogP contribution in [0.25, 0.3) is 0 Å². The monoisotopic (exact) mass is 489 g/mol. The van der Waals surface area contributed by atoms with Crippen LogP contribution in [0, 0.1) is 6.92 Å². The molecule has 3 aliphatic heterocycles. The molecule has 3 atom stereocenters. The molecule has 9 nitrogen and oxygen atoms in total. The molecule has 4 heterocycles. The van der Waals surface area contributed by atoms with E-state index in [1.807, 2.05) is 37.5 Å². The zero-order valence-electron chi connectivity index (χ0n) is 20.5. The molecule has 2 saturated heterocycles. The quantitative estimate of drug-likeness (QED) is 0.643. The number of piperidine rings is 1. The minimum absolute atomic E-state index is 0.0972. The van der Waals surface area contributed by atoms with Crippen molar-refractivity contribution in [3.05, 3.63) is 53.1 Å². The van der Waals surface area contributed by atoms with Crippen LogP contribution in [-0.2, 0) is 16.1 Å². The van der Waals surface area contributed by atoms with E-state index in [4.69, 9.17) is 4.74 Å². The fraction of sp³-hybridized carbons (Fsp3) is 0.519. The first-order valence-corrected chi connectivity index (χ1v) is 12.9. The third-order valence-electron chi connectivity index (χ3n) is 8.00. The largest absolute Gasteiger partial charge is 0.489 e. The fourth-order valence-electron chi connectivity index (χ4n) is 5.99. The van der Waals surface area contributed by atoms with E-state index in [0.29, 0.717) is 30.5 Å². The van der Waals surface area contributed by atoms with Gasteiger partial charge in [-0.3, -0.25) is 24.6 Å². The number of rotatable bonds is 5. The molecule has 1 aromatic heterocycles. The number of ether oxygens (including phenoxy) is 1. The Bertz CT molecular complexity index is 1190. The number of benzene rings is 1. The number of hydrogen-bond acceptors (Lipinski definition) is 7. The number of nitrogens with zero attached hydrogens (tertiary/aromatic N) is 4. The molecular formula is C27H31N5O4. The van der Waals surface area contributed by atoms with Crippen LogP contribution in [0.3, 0.4) is 0 Å². The number of carbonyl (C=O) groups excluding carboxylic acids is 3. The summed E-state index contributed by atoms with van der Waals surface area (Å²) >= 11 is 0. The van der Waals surface area contributed by atoms with Crippen molar-refractivity contribution in [3.63, 3.8) is 0 Å². The molecule has 1 N–H and O–H groups in total. The van der Waals surface area contributed by atoms with Gasteiger partial charge in [-0.05, 0) is 61.9 Å². The Balaban J connectivity index is 1.11. The van der Waals surface area contributed by atoms with Gasteiger partial charge >= 0.3 is 0 Å². The maximum atomic E-state index is 13.0. The van der Waals surface area contributed by atoms with Crippen LogP contribution in [0.5, 0.6) is 5.75 Å². The second-order valence-electron chi connectivity index (χ2n) is 10.5. The highest BCUT2D eigenvalue weighted by Gasteiger charge is 2.41. The summed E-state index contributed by atoms with van der Waals surface area (Å²) in [6.45, 7) is 4.26. The molecule has 1 saturated carbocycles. The third-order valence-corrected chi connectivity index (χ3v) is 8.00. The second kappa shape index (κ2) is 9.28. The Kier molecular flexibility index (Phi) is 5.95. The molecule has 3 fully saturated rings. The van der Waals surface area contributed by atoms with Crippen LogP contribution in [0.4, 0.5) is 0 Å². The van der Waals surface area contributed by atoms with Gasteiger partial charge in [-0.15, -0.1) is 0 Å². The SMILES string of the molecule is Cc1cnc(C2CN([C@H]3CCCC[C@@H]3Oc3ccc4c(c3)CN(C3CCC(=O)NC3=O)C4=O)C2)nc1. The Labute approximate surface area is 210 Å². The zero-order valence-corrected chi connectivity index (χ0v) is 20.5. The summed E-state index contributed by atoms with van der Waals surface area (Å²) < 4.78 is 6.53. The summed E-state index contributed by atoms with van der Waals surface area (Å²) in [5.74, 6) is 1.23. The molecule has 1 aromatic carbocycles. The average molecular weight is 490 g/mol. The van der Waals surface area contributed by atoms with Crippen LogP contribution < -0.4 is 10.1 Å². The summed E-state index contributed by atoms with van der Waals surface area (Å²) in [5, 5.41) is 2.35. The van der Waals surface area contributed by atoms with Crippen molar-refractivity contribution in [1.82, 2.24) is 25.1 Å². The lowest BCUT2D eigenvalue weighted by Crippen LogP contribution is -2.57. The van der Waals surface area contributed by atoms with E-state index < -0.39 is 11.9 Å². The maximum Gasteiger partial charge on any atom is 0.255 e. The molecular weight excluding hydrogens is 458 g/mol. The van der Waals surface area contributed by atoms with E-state index >= 15 is 0 Å². The summed E-state index contributed by atoms with van der Waals surface area (Å²) in [5.41, 5.74) is 2.55. The Morgan fingerprint density at radius 3 is 2.58 bits per heavy atom. The summed E-state index contributed by atoms with van der Waals surface area (Å²) in [7, 11) is 0. The van der Waals surface area contributed by atoms with Crippen molar-refractivity contribution in [1.29, 1.82) is 0 Å². The van der Waals surface area contributed by atoms with E-state index in [1.165, 1.54) is 6.42 Å². The summed E-state index contributed by atoms with van der Waals surface area (Å²) in [6.07, 6.45) is 8.95. The lowest BCUT2D eigenvalue weighted by atomic mass is 9.86. The van der Waals surface area contributed by atoms with Crippen LogP contribution in [-0.4, -0.2) is 68.8 Å². The maximum absolute atomic E-state index is 13.0. The molecule has 188 valence electrons. The second-order valence-corrected chi connectivity index (χ2v) is 10.5. The number of carbonyl (C=O) groups is 3. The number of hydrogen-bond donors (Lipinski definition) is 1. The summed E-state index contributed by atoms with van der Waals surface area (Å²) in [6, 6.07) is 5.38. The smallest absolute Gasteiger partial charge is 0.255 e. The minimum Gasteiger partial charge on any atom is -0.489 e. The first kappa shape index (κ1) is 23.1. The minimum atomic E-state index is -0.605. The van der Waals surface area contributed by atoms with Crippen molar-refractivity contribution in [2.45, 2.75) is 76.1 Å². The van der Waals surface area contributed by atoms with E-state index in [1.54, 1.807) is 4.90 Å². The third kappa shape index (κ3) is 4.25. The Morgan fingerprint density at radius 2 is 1.81 bits per heavy atom. The number of aryl methyl sites for hydroxylation is 1.